The molecule has 0 radical (unpaired) electrons. The van der Waals surface area contributed by atoms with E-state index in [4.69, 9.17) is 4.42 Å². The highest BCUT2D eigenvalue weighted by atomic mass is 16.3. The Kier molecular flexibility index (Phi) is 6.99. The molecule has 32 heavy (non-hydrogen) atoms. The normalized spacial score (nSPS) is 21.3. The maximum absolute atomic E-state index is 13.5. The number of carbonyl (C=O) groups excluding carboxylic acids is 2. The number of nitrogens with one attached hydrogen (secondary N) is 1. The third-order valence-electron chi connectivity index (χ3n) is 6.88. The molecule has 6 heteroatoms. The van der Waals surface area contributed by atoms with Crippen molar-refractivity contribution >= 4 is 11.8 Å². The predicted octanol–water partition coefficient (Wildman–Crippen LogP) is 3.62. The number of piperazine rings is 1. The smallest absolute Gasteiger partial charge is 0.246 e. The van der Waals surface area contributed by atoms with Gasteiger partial charge in [0.2, 0.25) is 11.8 Å². The van der Waals surface area contributed by atoms with Gasteiger partial charge in [0.05, 0.1) is 12.8 Å². The van der Waals surface area contributed by atoms with Crippen LogP contribution in [-0.4, -0.2) is 52.8 Å². The zero-order valence-corrected chi connectivity index (χ0v) is 19.3. The van der Waals surface area contributed by atoms with Crippen molar-refractivity contribution in [2.75, 3.05) is 19.6 Å². The highest BCUT2D eigenvalue weighted by molar-refractivity contribution is 6.00. The van der Waals surface area contributed by atoms with E-state index in [-0.39, 0.29) is 11.8 Å². The number of aryl methyl sites for hydroxylation is 1. The number of hydrogen-bond donors (Lipinski definition) is 1. The highest BCUT2D eigenvalue weighted by Gasteiger charge is 2.53. The quantitative estimate of drug-likeness (QED) is 0.685. The van der Waals surface area contributed by atoms with E-state index < -0.39 is 11.6 Å². The van der Waals surface area contributed by atoms with Crippen LogP contribution >= 0.6 is 0 Å². The van der Waals surface area contributed by atoms with E-state index in [1.807, 2.05) is 23.1 Å². The lowest BCUT2D eigenvalue weighted by molar-refractivity contribution is -0.163. The van der Waals surface area contributed by atoms with Crippen LogP contribution in [0.15, 0.2) is 53.1 Å². The fourth-order valence-corrected chi connectivity index (χ4v) is 5.09. The molecule has 1 aromatic carbocycles. The molecule has 0 aliphatic carbocycles. The molecule has 2 aliphatic heterocycles. The van der Waals surface area contributed by atoms with E-state index in [1.54, 1.807) is 6.26 Å². The first-order chi connectivity index (χ1) is 15.5. The molecule has 2 fully saturated rings. The number of furan rings is 1. The van der Waals surface area contributed by atoms with E-state index in [2.05, 4.69) is 48.3 Å². The number of piperidine rings is 1. The molecule has 0 bridgehead atoms. The van der Waals surface area contributed by atoms with Crippen LogP contribution in [0.5, 0.6) is 0 Å². The lowest BCUT2D eigenvalue weighted by Gasteiger charge is -2.51. The minimum absolute atomic E-state index is 0.00163. The van der Waals surface area contributed by atoms with Crippen molar-refractivity contribution in [3.8, 4) is 0 Å². The van der Waals surface area contributed by atoms with Crippen LogP contribution in [0.3, 0.4) is 0 Å². The maximum Gasteiger partial charge on any atom is 0.246 e. The summed E-state index contributed by atoms with van der Waals surface area (Å²) in [5.41, 5.74) is 0.576. The molecular formula is C26H35N3O3. The summed E-state index contributed by atoms with van der Waals surface area (Å²) in [6.07, 6.45) is 5.74. The molecule has 0 saturated carbocycles. The van der Waals surface area contributed by atoms with Gasteiger partial charge in [-0.1, -0.05) is 44.2 Å². The molecule has 1 N–H and O–H groups in total. The van der Waals surface area contributed by atoms with E-state index in [0.717, 1.165) is 38.2 Å². The van der Waals surface area contributed by atoms with Crippen molar-refractivity contribution in [1.82, 2.24) is 15.1 Å². The molecule has 2 amide bonds. The summed E-state index contributed by atoms with van der Waals surface area (Å²) < 4.78 is 5.55. The monoisotopic (exact) mass is 437 g/mol. The fraction of sp³-hybridized carbons (Fsp3) is 0.538. The van der Waals surface area contributed by atoms with Gasteiger partial charge in [0, 0.05) is 13.1 Å². The van der Waals surface area contributed by atoms with Crippen LogP contribution in [0.4, 0.5) is 0 Å². The number of carbonyl (C=O) groups is 2. The Hall–Kier alpha value is -2.60. The van der Waals surface area contributed by atoms with Crippen molar-refractivity contribution < 1.29 is 14.0 Å². The number of hydrogen-bond acceptors (Lipinski definition) is 4. The van der Waals surface area contributed by atoms with Crippen LogP contribution in [0, 0.1) is 5.92 Å². The van der Waals surface area contributed by atoms with E-state index >= 15 is 0 Å². The Morgan fingerprint density at radius 1 is 1.09 bits per heavy atom. The zero-order valence-electron chi connectivity index (χ0n) is 19.3. The zero-order chi connectivity index (χ0) is 22.6. The van der Waals surface area contributed by atoms with Crippen molar-refractivity contribution in [3.63, 3.8) is 0 Å². The first-order valence-corrected chi connectivity index (χ1v) is 11.9. The second-order valence-corrected chi connectivity index (χ2v) is 9.62. The predicted molar refractivity (Wildman–Crippen MR) is 124 cm³/mol. The van der Waals surface area contributed by atoms with Gasteiger partial charge in [-0.05, 0) is 62.3 Å². The largest absolute Gasteiger partial charge is 0.467 e. The molecule has 1 spiro atoms. The first kappa shape index (κ1) is 22.6. The summed E-state index contributed by atoms with van der Waals surface area (Å²) in [5, 5.41) is 3.07. The summed E-state index contributed by atoms with van der Waals surface area (Å²) >= 11 is 0. The van der Waals surface area contributed by atoms with Gasteiger partial charge in [0.25, 0.3) is 0 Å². The lowest BCUT2D eigenvalue weighted by Crippen LogP contribution is -2.72. The summed E-state index contributed by atoms with van der Waals surface area (Å²) in [6.45, 7) is 7.15. The Morgan fingerprint density at radius 3 is 2.50 bits per heavy atom. The van der Waals surface area contributed by atoms with Crippen LogP contribution < -0.4 is 5.32 Å². The van der Waals surface area contributed by atoms with Gasteiger partial charge in [-0.25, -0.2) is 0 Å². The summed E-state index contributed by atoms with van der Waals surface area (Å²) in [7, 11) is 0. The second kappa shape index (κ2) is 9.90. The molecule has 2 saturated heterocycles. The van der Waals surface area contributed by atoms with Gasteiger partial charge >= 0.3 is 0 Å². The van der Waals surface area contributed by atoms with Gasteiger partial charge in [0.15, 0.2) is 0 Å². The summed E-state index contributed by atoms with van der Waals surface area (Å²) in [5.74, 6) is 1.07. The van der Waals surface area contributed by atoms with Gasteiger partial charge in [-0.3, -0.25) is 9.59 Å². The highest BCUT2D eigenvalue weighted by Crippen LogP contribution is 2.35. The molecular weight excluding hydrogens is 402 g/mol. The van der Waals surface area contributed by atoms with Crippen LogP contribution in [0.1, 0.15) is 50.9 Å². The van der Waals surface area contributed by atoms with Crippen molar-refractivity contribution in [2.24, 2.45) is 5.92 Å². The number of nitrogens with zero attached hydrogens (tertiary/aromatic N) is 2. The van der Waals surface area contributed by atoms with Gasteiger partial charge in [-0.2, -0.15) is 0 Å². The van der Waals surface area contributed by atoms with Gasteiger partial charge in [-0.15, -0.1) is 0 Å². The maximum atomic E-state index is 13.5. The molecule has 1 unspecified atom stereocenters. The van der Waals surface area contributed by atoms with E-state index in [1.165, 1.54) is 5.56 Å². The third-order valence-corrected chi connectivity index (χ3v) is 6.88. The third kappa shape index (κ3) is 4.90. The number of benzene rings is 1. The lowest BCUT2D eigenvalue weighted by atomic mass is 9.80. The summed E-state index contributed by atoms with van der Waals surface area (Å²) in [6, 6.07) is 13.8. The second-order valence-electron chi connectivity index (χ2n) is 9.62. The van der Waals surface area contributed by atoms with E-state index in [9.17, 15) is 9.59 Å². The first-order valence-electron chi connectivity index (χ1n) is 11.9. The number of rotatable bonds is 8. The van der Waals surface area contributed by atoms with Gasteiger partial charge < -0.3 is 19.5 Å². The molecule has 172 valence electrons. The Morgan fingerprint density at radius 2 is 1.84 bits per heavy atom. The number of likely N-dealkylation sites (tertiary alicyclic amines) is 1. The average Bonchev–Trinajstić information content (AvgIpc) is 3.30. The average molecular weight is 438 g/mol. The van der Waals surface area contributed by atoms with Crippen LogP contribution in [0.25, 0.3) is 0 Å². The Labute approximate surface area is 191 Å². The molecule has 1 atom stereocenters. The van der Waals surface area contributed by atoms with Crippen molar-refractivity contribution in [3.05, 3.63) is 60.1 Å². The minimum Gasteiger partial charge on any atom is -0.467 e. The Balaban J connectivity index is 1.42. The fourth-order valence-electron chi connectivity index (χ4n) is 5.09. The van der Waals surface area contributed by atoms with Crippen LogP contribution in [-0.2, 0) is 22.6 Å². The number of amides is 2. The molecule has 2 aliphatic rings. The molecule has 6 nitrogen and oxygen atoms in total. The topological polar surface area (TPSA) is 65.8 Å². The van der Waals surface area contributed by atoms with Crippen molar-refractivity contribution in [1.29, 1.82) is 0 Å². The van der Waals surface area contributed by atoms with E-state index in [0.29, 0.717) is 31.7 Å². The molecule has 1 aromatic heterocycles. The molecule has 4 rings (SSSR count). The summed E-state index contributed by atoms with van der Waals surface area (Å²) in [4.78, 5) is 31.1. The van der Waals surface area contributed by atoms with Crippen LogP contribution in [0.2, 0.25) is 0 Å². The molecule has 3 heterocycles. The molecule has 2 aromatic rings. The minimum atomic E-state index is -0.784. The standard InChI is InChI=1S/C26H35N3O3/c1-20(2)18-23-24(30)29(19-22-11-7-17-32-22)26(25(31)27-23)12-15-28(16-13-26)14-6-10-21-8-4-3-5-9-21/h3-5,7-9,11,17,20,23H,6,10,12-16,18-19H2,1-2H3,(H,27,31). The van der Waals surface area contributed by atoms with Crippen molar-refractivity contribution in [2.45, 2.75) is 64.1 Å². The Bertz CT molecular complexity index is 886. The van der Waals surface area contributed by atoms with Gasteiger partial charge in [0.1, 0.15) is 17.3 Å². The SMILES string of the molecule is CC(C)CC1NC(=O)C2(CCN(CCCc3ccccc3)CC2)N(Cc2ccco2)C1=O.